The molecule has 0 spiro atoms. The van der Waals surface area contributed by atoms with Crippen LogP contribution in [0.2, 0.25) is 5.15 Å². The Kier molecular flexibility index (Phi) is 6.20. The van der Waals surface area contributed by atoms with E-state index in [0.717, 1.165) is 52.8 Å². The Labute approximate surface area is 191 Å². The van der Waals surface area contributed by atoms with Gasteiger partial charge in [0.15, 0.2) is 11.0 Å². The van der Waals surface area contributed by atoms with Crippen molar-refractivity contribution in [2.24, 2.45) is 0 Å². The number of nitrogens with zero attached hydrogens (tertiary/aromatic N) is 5. The molecule has 31 heavy (non-hydrogen) atoms. The lowest BCUT2D eigenvalue weighted by atomic mass is 10.1. The van der Waals surface area contributed by atoms with Gasteiger partial charge in [-0.25, -0.2) is 4.98 Å². The van der Waals surface area contributed by atoms with Gasteiger partial charge in [-0.2, -0.15) is 0 Å². The average molecular weight is 450 g/mol. The number of thioether (sulfide) groups is 1. The number of para-hydroxylation sites is 2. The van der Waals surface area contributed by atoms with Crippen molar-refractivity contribution >= 4 is 34.3 Å². The molecular weight excluding hydrogens is 426 g/mol. The van der Waals surface area contributed by atoms with E-state index in [9.17, 15) is 0 Å². The third-order valence-electron chi connectivity index (χ3n) is 5.64. The molecule has 0 N–H and O–H groups in total. The molecule has 0 atom stereocenters. The minimum atomic E-state index is 0.547. The van der Waals surface area contributed by atoms with Gasteiger partial charge in [0.25, 0.3) is 0 Å². The van der Waals surface area contributed by atoms with Crippen molar-refractivity contribution in [3.8, 4) is 5.69 Å². The molecule has 0 aliphatic carbocycles. The zero-order valence-electron chi connectivity index (χ0n) is 17.2. The Morgan fingerprint density at radius 2 is 1.68 bits per heavy atom. The van der Waals surface area contributed by atoms with Crippen molar-refractivity contribution < 1.29 is 0 Å². The van der Waals surface area contributed by atoms with E-state index in [0.29, 0.717) is 10.9 Å². The number of likely N-dealkylation sites (tertiary alicyclic amines) is 1. The molecule has 0 unspecified atom stereocenters. The van der Waals surface area contributed by atoms with Crippen LogP contribution in [0.1, 0.15) is 30.7 Å². The van der Waals surface area contributed by atoms with Crippen LogP contribution in [0.15, 0.2) is 65.8 Å². The minimum absolute atomic E-state index is 0.547. The van der Waals surface area contributed by atoms with E-state index in [4.69, 9.17) is 11.6 Å². The molecule has 0 bridgehead atoms. The molecule has 0 radical (unpaired) electrons. The normalized spacial score (nSPS) is 14.9. The molecule has 1 saturated heterocycles. The van der Waals surface area contributed by atoms with Gasteiger partial charge >= 0.3 is 0 Å². The summed E-state index contributed by atoms with van der Waals surface area (Å²) in [7, 11) is 0. The molecule has 0 saturated carbocycles. The van der Waals surface area contributed by atoms with Crippen LogP contribution in [0, 0.1) is 0 Å². The maximum Gasteiger partial charge on any atom is 0.196 e. The van der Waals surface area contributed by atoms with Crippen LogP contribution in [0.5, 0.6) is 0 Å². The highest BCUT2D eigenvalue weighted by molar-refractivity contribution is 7.98. The predicted octanol–water partition coefficient (Wildman–Crippen LogP) is 5.75. The molecule has 3 heterocycles. The summed E-state index contributed by atoms with van der Waals surface area (Å²) in [4.78, 5) is 7.03. The molecule has 5 rings (SSSR count). The van der Waals surface area contributed by atoms with Crippen LogP contribution in [0.3, 0.4) is 0 Å². The lowest BCUT2D eigenvalue weighted by Crippen LogP contribution is -2.30. The third kappa shape index (κ3) is 4.61. The van der Waals surface area contributed by atoms with Crippen LogP contribution < -0.4 is 0 Å². The zero-order chi connectivity index (χ0) is 21.0. The van der Waals surface area contributed by atoms with Crippen LogP contribution in [0.4, 0.5) is 0 Å². The van der Waals surface area contributed by atoms with Gasteiger partial charge in [-0.05, 0) is 50.2 Å². The molecule has 7 heteroatoms. The van der Waals surface area contributed by atoms with Crippen molar-refractivity contribution in [1.82, 2.24) is 24.6 Å². The largest absolute Gasteiger partial charge is 0.296 e. The Morgan fingerprint density at radius 3 is 2.52 bits per heavy atom. The average Bonchev–Trinajstić information content (AvgIpc) is 3.21. The van der Waals surface area contributed by atoms with Crippen LogP contribution in [0.25, 0.3) is 16.6 Å². The first-order valence-corrected chi connectivity index (χ1v) is 12.0. The van der Waals surface area contributed by atoms with E-state index in [1.165, 1.54) is 19.3 Å². The molecule has 0 amide bonds. The Hall–Kier alpha value is -2.41. The summed E-state index contributed by atoms with van der Waals surface area (Å²) in [5.41, 5.74) is 3.01. The van der Waals surface area contributed by atoms with Gasteiger partial charge in [-0.15, -0.1) is 10.2 Å². The van der Waals surface area contributed by atoms with Gasteiger partial charge in [-0.3, -0.25) is 9.47 Å². The third-order valence-corrected chi connectivity index (χ3v) is 6.94. The van der Waals surface area contributed by atoms with Gasteiger partial charge in [0.05, 0.1) is 12.1 Å². The standard InChI is InChI=1S/C24H24ClN5S/c25-23-19(15-18-9-5-6-12-21(18)26-23)17-31-24-28-27-22(16-29-13-7-2-8-14-29)30(24)20-10-3-1-4-11-20/h1,3-6,9-12,15H,2,7-8,13-14,16-17H2. The van der Waals surface area contributed by atoms with E-state index >= 15 is 0 Å². The molecule has 158 valence electrons. The Morgan fingerprint density at radius 1 is 0.903 bits per heavy atom. The quantitative estimate of drug-likeness (QED) is 0.277. The summed E-state index contributed by atoms with van der Waals surface area (Å²) in [5.74, 6) is 1.67. The van der Waals surface area contributed by atoms with Crippen molar-refractivity contribution in [2.45, 2.75) is 36.7 Å². The first-order valence-electron chi connectivity index (χ1n) is 10.7. The fourth-order valence-electron chi connectivity index (χ4n) is 4.03. The van der Waals surface area contributed by atoms with Crippen molar-refractivity contribution in [2.75, 3.05) is 13.1 Å². The summed E-state index contributed by atoms with van der Waals surface area (Å²) in [6.07, 6.45) is 3.84. The maximum absolute atomic E-state index is 6.49. The maximum atomic E-state index is 6.49. The van der Waals surface area contributed by atoms with E-state index in [1.54, 1.807) is 11.8 Å². The zero-order valence-corrected chi connectivity index (χ0v) is 18.8. The molecule has 1 aliphatic heterocycles. The summed E-state index contributed by atoms with van der Waals surface area (Å²) < 4.78 is 2.18. The van der Waals surface area contributed by atoms with Crippen LogP contribution in [-0.2, 0) is 12.3 Å². The number of halogens is 1. The van der Waals surface area contributed by atoms with E-state index < -0.39 is 0 Å². The fourth-order valence-corrected chi connectivity index (χ4v) is 5.26. The summed E-state index contributed by atoms with van der Waals surface area (Å²) in [6.45, 7) is 3.08. The number of fused-ring (bicyclic) bond motifs is 1. The van der Waals surface area contributed by atoms with E-state index in [2.05, 4.69) is 61.0 Å². The van der Waals surface area contributed by atoms with Crippen molar-refractivity contribution in [3.05, 3.63) is 77.2 Å². The second kappa shape index (κ2) is 9.39. The Balaban J connectivity index is 1.43. The van der Waals surface area contributed by atoms with Crippen LogP contribution in [-0.4, -0.2) is 37.7 Å². The van der Waals surface area contributed by atoms with Gasteiger partial charge in [0, 0.05) is 22.4 Å². The summed E-state index contributed by atoms with van der Waals surface area (Å²) in [6, 6.07) is 20.5. The van der Waals surface area contributed by atoms with E-state index in [1.807, 2.05) is 24.3 Å². The van der Waals surface area contributed by atoms with Gasteiger partial charge in [0.1, 0.15) is 5.15 Å². The summed E-state index contributed by atoms with van der Waals surface area (Å²) >= 11 is 8.13. The van der Waals surface area contributed by atoms with Gasteiger partial charge in [0.2, 0.25) is 0 Å². The highest BCUT2D eigenvalue weighted by Gasteiger charge is 2.19. The highest BCUT2D eigenvalue weighted by atomic mass is 35.5. The van der Waals surface area contributed by atoms with Crippen molar-refractivity contribution in [1.29, 1.82) is 0 Å². The summed E-state index contributed by atoms with van der Waals surface area (Å²) in [5, 5.41) is 11.6. The second-order valence-corrected chi connectivity index (χ2v) is 9.13. The number of rotatable bonds is 6. The predicted molar refractivity (Wildman–Crippen MR) is 127 cm³/mol. The number of piperidine rings is 1. The highest BCUT2D eigenvalue weighted by Crippen LogP contribution is 2.30. The first-order chi connectivity index (χ1) is 15.3. The minimum Gasteiger partial charge on any atom is -0.296 e. The van der Waals surface area contributed by atoms with E-state index in [-0.39, 0.29) is 0 Å². The fraction of sp³-hybridized carbons (Fsp3) is 0.292. The van der Waals surface area contributed by atoms with Gasteiger partial charge < -0.3 is 0 Å². The number of hydrogen-bond acceptors (Lipinski definition) is 5. The van der Waals surface area contributed by atoms with Crippen LogP contribution >= 0.6 is 23.4 Å². The topological polar surface area (TPSA) is 46.8 Å². The monoisotopic (exact) mass is 449 g/mol. The molecule has 2 aromatic heterocycles. The molecule has 5 nitrogen and oxygen atoms in total. The number of aromatic nitrogens is 4. The lowest BCUT2D eigenvalue weighted by molar-refractivity contribution is 0.214. The number of pyridine rings is 1. The second-order valence-electron chi connectivity index (χ2n) is 7.83. The van der Waals surface area contributed by atoms with Crippen molar-refractivity contribution in [3.63, 3.8) is 0 Å². The molecule has 4 aromatic rings. The Bertz CT molecular complexity index is 1170. The lowest BCUT2D eigenvalue weighted by Gasteiger charge is -2.26. The SMILES string of the molecule is Clc1nc2ccccc2cc1CSc1nnc(CN2CCCCC2)n1-c1ccccc1. The molecule has 1 fully saturated rings. The number of benzene rings is 2. The number of hydrogen-bond donors (Lipinski definition) is 0. The molecule has 2 aromatic carbocycles. The smallest absolute Gasteiger partial charge is 0.196 e. The first kappa shape index (κ1) is 20.5. The molecule has 1 aliphatic rings. The van der Waals surface area contributed by atoms with Gasteiger partial charge in [-0.1, -0.05) is 66.2 Å². The molecular formula is C24H24ClN5S.